The van der Waals surface area contributed by atoms with E-state index < -0.39 is 29.2 Å². The summed E-state index contributed by atoms with van der Waals surface area (Å²) in [6.45, 7) is -0.0919. The van der Waals surface area contributed by atoms with E-state index in [0.717, 1.165) is 18.9 Å². The molecule has 9 heteroatoms. The third-order valence-electron chi connectivity index (χ3n) is 5.23. The number of urea groups is 1. The van der Waals surface area contributed by atoms with Gasteiger partial charge >= 0.3 is 6.03 Å². The average Bonchev–Trinajstić information content (AvgIpc) is 3.48. The number of hydrogen-bond donors (Lipinski definition) is 3. The monoisotopic (exact) mass is 435 g/mol. The van der Waals surface area contributed by atoms with Gasteiger partial charge in [-0.3, -0.25) is 14.9 Å². The summed E-state index contributed by atoms with van der Waals surface area (Å²) in [5.74, 6) is -1.66. The Balaban J connectivity index is 1.62. The summed E-state index contributed by atoms with van der Waals surface area (Å²) in [5.41, 5.74) is -0.0423. The van der Waals surface area contributed by atoms with Gasteiger partial charge in [-0.05, 0) is 54.2 Å². The second-order valence-corrected chi connectivity index (χ2v) is 7.97. The predicted octanol–water partition coefficient (Wildman–Crippen LogP) is 3.52. The Hall–Kier alpha value is -2.64. The second-order valence-electron chi connectivity index (χ2n) is 7.16. The van der Waals surface area contributed by atoms with Gasteiger partial charge in [0.2, 0.25) is 0 Å². The van der Waals surface area contributed by atoms with Crippen molar-refractivity contribution in [2.45, 2.75) is 18.4 Å². The van der Waals surface area contributed by atoms with E-state index >= 15 is 0 Å². The van der Waals surface area contributed by atoms with Crippen LogP contribution in [0.4, 0.5) is 9.18 Å². The fraction of sp³-hybridized carbons (Fsp3) is 0.250. The molecule has 2 aliphatic rings. The zero-order valence-corrected chi connectivity index (χ0v) is 16.5. The number of rotatable bonds is 5. The van der Waals surface area contributed by atoms with Crippen molar-refractivity contribution in [3.8, 4) is 11.1 Å². The highest BCUT2D eigenvalue weighted by Gasteiger charge is 2.56. The van der Waals surface area contributed by atoms with Crippen LogP contribution in [0.15, 0.2) is 36.4 Å². The van der Waals surface area contributed by atoms with Gasteiger partial charge in [-0.25, -0.2) is 9.18 Å². The normalized spacial score (nSPS) is 20.9. The molecule has 29 heavy (non-hydrogen) atoms. The molecular formula is C20H16Cl2FN3O3. The number of nitrogens with one attached hydrogen (secondary N) is 3. The van der Waals surface area contributed by atoms with E-state index in [2.05, 4.69) is 16.0 Å². The van der Waals surface area contributed by atoms with E-state index in [-0.39, 0.29) is 18.0 Å². The molecule has 1 atom stereocenters. The highest BCUT2D eigenvalue weighted by atomic mass is 35.5. The van der Waals surface area contributed by atoms with Crippen molar-refractivity contribution in [2.75, 3.05) is 6.54 Å². The van der Waals surface area contributed by atoms with Gasteiger partial charge in [-0.1, -0.05) is 35.3 Å². The van der Waals surface area contributed by atoms with Gasteiger partial charge in [-0.15, -0.1) is 0 Å². The molecular weight excluding hydrogens is 420 g/mol. The molecule has 150 valence electrons. The third kappa shape index (κ3) is 3.68. The number of carbonyl (C=O) groups is 3. The van der Waals surface area contributed by atoms with Gasteiger partial charge < -0.3 is 10.6 Å². The zero-order valence-electron chi connectivity index (χ0n) is 15.0. The summed E-state index contributed by atoms with van der Waals surface area (Å²) in [4.78, 5) is 36.8. The molecule has 1 saturated carbocycles. The first-order chi connectivity index (χ1) is 13.8. The van der Waals surface area contributed by atoms with E-state index in [1.807, 2.05) is 0 Å². The lowest BCUT2D eigenvalue weighted by Gasteiger charge is -2.26. The molecule has 0 radical (unpaired) electrons. The number of halogens is 3. The van der Waals surface area contributed by atoms with Crippen molar-refractivity contribution in [2.24, 2.45) is 5.92 Å². The Morgan fingerprint density at radius 1 is 1.14 bits per heavy atom. The Kier molecular flexibility index (Phi) is 4.96. The molecule has 4 amide bonds. The fourth-order valence-corrected chi connectivity index (χ4v) is 3.87. The Labute approximate surface area is 175 Å². The Morgan fingerprint density at radius 3 is 2.52 bits per heavy atom. The predicted molar refractivity (Wildman–Crippen MR) is 106 cm³/mol. The van der Waals surface area contributed by atoms with E-state index in [0.29, 0.717) is 21.2 Å². The SMILES string of the molecule is O=C1NC(=O)[C@](CNC(=O)c2cc(F)ccc2-c2ccc(Cl)c(Cl)c2)(C2CC2)N1. The first-order valence-electron chi connectivity index (χ1n) is 8.97. The molecule has 6 nitrogen and oxygen atoms in total. The second kappa shape index (κ2) is 7.31. The fourth-order valence-electron chi connectivity index (χ4n) is 3.57. The molecule has 0 bridgehead atoms. The van der Waals surface area contributed by atoms with Gasteiger partial charge in [0, 0.05) is 0 Å². The molecule has 1 aliphatic carbocycles. The van der Waals surface area contributed by atoms with E-state index in [1.165, 1.54) is 12.1 Å². The van der Waals surface area contributed by atoms with Crippen molar-refractivity contribution >= 4 is 41.0 Å². The van der Waals surface area contributed by atoms with Crippen LogP contribution < -0.4 is 16.0 Å². The summed E-state index contributed by atoms with van der Waals surface area (Å²) in [7, 11) is 0. The zero-order chi connectivity index (χ0) is 20.8. The largest absolute Gasteiger partial charge is 0.349 e. The smallest absolute Gasteiger partial charge is 0.322 e. The van der Waals surface area contributed by atoms with Crippen LogP contribution >= 0.6 is 23.2 Å². The first kappa shape index (κ1) is 19.7. The molecule has 0 unspecified atom stereocenters. The van der Waals surface area contributed by atoms with Crippen LogP contribution in [0.5, 0.6) is 0 Å². The maximum Gasteiger partial charge on any atom is 0.322 e. The molecule has 1 saturated heterocycles. The van der Waals surface area contributed by atoms with E-state index in [1.54, 1.807) is 18.2 Å². The Bertz CT molecular complexity index is 1040. The van der Waals surface area contributed by atoms with Gasteiger partial charge in [-0.2, -0.15) is 0 Å². The molecule has 2 aromatic rings. The van der Waals surface area contributed by atoms with Crippen LogP contribution in [0.1, 0.15) is 23.2 Å². The maximum absolute atomic E-state index is 13.9. The summed E-state index contributed by atoms with van der Waals surface area (Å²) in [6.07, 6.45) is 1.55. The van der Waals surface area contributed by atoms with E-state index in [4.69, 9.17) is 23.2 Å². The topological polar surface area (TPSA) is 87.3 Å². The quantitative estimate of drug-likeness (QED) is 0.627. The first-order valence-corrected chi connectivity index (χ1v) is 9.72. The average molecular weight is 436 g/mol. The minimum Gasteiger partial charge on any atom is -0.349 e. The lowest BCUT2D eigenvalue weighted by molar-refractivity contribution is -0.124. The van der Waals surface area contributed by atoms with Crippen molar-refractivity contribution in [1.82, 2.24) is 16.0 Å². The minimum atomic E-state index is -1.18. The van der Waals surface area contributed by atoms with Crippen molar-refractivity contribution in [3.63, 3.8) is 0 Å². The van der Waals surface area contributed by atoms with Gasteiger partial charge in [0.1, 0.15) is 11.4 Å². The van der Waals surface area contributed by atoms with Crippen LogP contribution in [0.25, 0.3) is 11.1 Å². The minimum absolute atomic E-state index is 0.0451. The van der Waals surface area contributed by atoms with Crippen molar-refractivity contribution < 1.29 is 18.8 Å². The van der Waals surface area contributed by atoms with Gasteiger partial charge in [0.15, 0.2) is 0 Å². The van der Waals surface area contributed by atoms with Crippen LogP contribution in [0.2, 0.25) is 10.0 Å². The molecule has 1 aliphatic heterocycles. The molecule has 4 rings (SSSR count). The summed E-state index contributed by atoms with van der Waals surface area (Å²) in [6, 6.07) is 8.10. The van der Waals surface area contributed by atoms with Crippen LogP contribution in [-0.2, 0) is 4.79 Å². The molecule has 1 heterocycles. The maximum atomic E-state index is 13.9. The highest BCUT2D eigenvalue weighted by molar-refractivity contribution is 6.42. The highest BCUT2D eigenvalue weighted by Crippen LogP contribution is 2.41. The summed E-state index contributed by atoms with van der Waals surface area (Å²) < 4.78 is 13.9. The third-order valence-corrected chi connectivity index (χ3v) is 5.97. The van der Waals surface area contributed by atoms with Gasteiger partial charge in [0.25, 0.3) is 11.8 Å². The molecule has 0 aromatic heterocycles. The van der Waals surface area contributed by atoms with E-state index in [9.17, 15) is 18.8 Å². The Morgan fingerprint density at radius 2 is 1.90 bits per heavy atom. The number of imide groups is 1. The van der Waals surface area contributed by atoms with Crippen LogP contribution in [0.3, 0.4) is 0 Å². The molecule has 2 fully saturated rings. The summed E-state index contributed by atoms with van der Waals surface area (Å²) in [5, 5.41) is 8.20. The number of benzene rings is 2. The van der Waals surface area contributed by atoms with Crippen molar-refractivity contribution in [3.05, 3.63) is 57.8 Å². The lowest BCUT2D eigenvalue weighted by Crippen LogP contribution is -2.57. The standard InChI is InChI=1S/C20H16Cl2FN3O3/c21-15-6-1-10(7-16(15)22)13-5-4-12(23)8-14(13)17(27)24-9-20(11-2-3-11)18(28)25-19(29)26-20/h1,4-8,11H,2-3,9H2,(H,24,27)(H2,25,26,28,29)/t20-/m0/s1. The molecule has 2 aromatic carbocycles. The number of carbonyl (C=O) groups excluding carboxylic acids is 3. The van der Waals surface area contributed by atoms with Crippen LogP contribution in [0, 0.1) is 11.7 Å². The number of amides is 4. The molecule has 0 spiro atoms. The lowest BCUT2D eigenvalue weighted by atomic mass is 9.92. The van der Waals surface area contributed by atoms with Gasteiger partial charge in [0.05, 0.1) is 22.2 Å². The van der Waals surface area contributed by atoms with Crippen molar-refractivity contribution in [1.29, 1.82) is 0 Å². The summed E-state index contributed by atoms with van der Waals surface area (Å²) >= 11 is 12.0. The molecule has 3 N–H and O–H groups in total. The van der Waals surface area contributed by atoms with Crippen LogP contribution in [-0.4, -0.2) is 29.9 Å². The number of hydrogen-bond acceptors (Lipinski definition) is 3.